The molecule has 0 saturated heterocycles. The van der Waals surface area contributed by atoms with Gasteiger partial charge in [0.2, 0.25) is 0 Å². The van der Waals surface area contributed by atoms with Crippen molar-refractivity contribution in [3.8, 4) is 11.1 Å². The minimum atomic E-state index is -1.27. The number of hydrogen-bond acceptors (Lipinski definition) is 2. The highest BCUT2D eigenvalue weighted by atomic mass is 19.1. The zero-order valence-electron chi connectivity index (χ0n) is 9.14. The number of halogens is 1. The van der Waals surface area contributed by atoms with Gasteiger partial charge in [-0.2, -0.15) is 0 Å². The number of hydrogen-bond donors (Lipinski definition) is 1. The molecule has 0 atom stereocenters. The maximum Gasteiger partial charge on any atom is 0.338 e. The highest BCUT2D eigenvalue weighted by molar-refractivity contribution is 5.89. The molecule has 0 bridgehead atoms. The smallest absolute Gasteiger partial charge is 0.338 e. The normalized spacial score (nSPS) is 10.2. The molecule has 0 unspecified atom stereocenters. The number of carboxylic acid groups (broad SMARTS) is 1. The molecule has 0 fully saturated rings. The molecule has 0 amide bonds. The van der Waals surface area contributed by atoms with Crippen molar-refractivity contribution < 1.29 is 14.3 Å². The molecule has 0 aliphatic carbocycles. The van der Waals surface area contributed by atoms with E-state index < -0.39 is 11.8 Å². The van der Waals surface area contributed by atoms with Crippen LogP contribution >= 0.6 is 0 Å². The Kier molecular flexibility index (Phi) is 2.87. The van der Waals surface area contributed by atoms with E-state index in [9.17, 15) is 9.18 Å². The highest BCUT2D eigenvalue weighted by Gasteiger charge is 2.12. The van der Waals surface area contributed by atoms with Gasteiger partial charge in [-0.15, -0.1) is 0 Å². The third kappa shape index (κ3) is 2.15. The molecule has 2 rings (SSSR count). The average molecular weight is 231 g/mol. The van der Waals surface area contributed by atoms with Gasteiger partial charge >= 0.3 is 5.97 Å². The molecule has 1 aromatic carbocycles. The standard InChI is InChI=1S/C13H10FNO2/c1-8-4-5-15-7-11(8)9-2-3-12(14)10(6-9)13(16)17/h2-7H,1H3,(H,16,17). The van der Waals surface area contributed by atoms with Crippen LogP contribution in [0.3, 0.4) is 0 Å². The van der Waals surface area contributed by atoms with Gasteiger partial charge in [0.1, 0.15) is 5.82 Å². The lowest BCUT2D eigenvalue weighted by Gasteiger charge is -2.06. The van der Waals surface area contributed by atoms with Crippen LogP contribution in [0, 0.1) is 12.7 Å². The van der Waals surface area contributed by atoms with Crippen LogP contribution in [0.25, 0.3) is 11.1 Å². The summed E-state index contributed by atoms with van der Waals surface area (Å²) in [6.45, 7) is 1.89. The molecule has 3 nitrogen and oxygen atoms in total. The third-order valence-corrected chi connectivity index (χ3v) is 2.55. The number of aryl methyl sites for hydroxylation is 1. The van der Waals surface area contributed by atoms with Crippen molar-refractivity contribution in [3.05, 3.63) is 53.6 Å². The summed E-state index contributed by atoms with van der Waals surface area (Å²) in [4.78, 5) is 14.8. The van der Waals surface area contributed by atoms with Gasteiger partial charge in [-0.1, -0.05) is 6.07 Å². The summed E-state index contributed by atoms with van der Waals surface area (Å²) in [5.74, 6) is -2.01. The fourth-order valence-corrected chi connectivity index (χ4v) is 1.62. The molecule has 0 spiro atoms. The van der Waals surface area contributed by atoms with Crippen molar-refractivity contribution in [2.75, 3.05) is 0 Å². The zero-order valence-corrected chi connectivity index (χ0v) is 9.14. The molecular formula is C13H10FNO2. The first-order valence-electron chi connectivity index (χ1n) is 5.03. The fourth-order valence-electron chi connectivity index (χ4n) is 1.62. The second-order valence-electron chi connectivity index (χ2n) is 3.69. The summed E-state index contributed by atoms with van der Waals surface area (Å²) in [5, 5.41) is 8.85. The molecule has 4 heteroatoms. The predicted octanol–water partition coefficient (Wildman–Crippen LogP) is 2.89. The van der Waals surface area contributed by atoms with Gasteiger partial charge in [-0.05, 0) is 36.2 Å². The predicted molar refractivity (Wildman–Crippen MR) is 61.3 cm³/mol. The Labute approximate surface area is 97.6 Å². The van der Waals surface area contributed by atoms with E-state index in [-0.39, 0.29) is 5.56 Å². The molecule has 1 heterocycles. The number of pyridine rings is 1. The first-order valence-corrected chi connectivity index (χ1v) is 5.03. The number of carboxylic acids is 1. The van der Waals surface area contributed by atoms with Crippen LogP contribution in [0.15, 0.2) is 36.7 Å². The molecule has 0 saturated carbocycles. The van der Waals surface area contributed by atoms with Crippen molar-refractivity contribution >= 4 is 5.97 Å². The van der Waals surface area contributed by atoms with Crippen LogP contribution in [0.5, 0.6) is 0 Å². The fraction of sp³-hybridized carbons (Fsp3) is 0.0769. The van der Waals surface area contributed by atoms with Crippen LogP contribution in [0.4, 0.5) is 4.39 Å². The van der Waals surface area contributed by atoms with Crippen LogP contribution < -0.4 is 0 Å². The minimum absolute atomic E-state index is 0.328. The van der Waals surface area contributed by atoms with E-state index in [4.69, 9.17) is 5.11 Å². The summed E-state index contributed by atoms with van der Waals surface area (Å²) in [6.07, 6.45) is 3.29. The molecule has 0 aliphatic heterocycles. The van der Waals surface area contributed by atoms with Crippen molar-refractivity contribution in [1.82, 2.24) is 4.98 Å². The van der Waals surface area contributed by atoms with E-state index in [0.29, 0.717) is 5.56 Å². The monoisotopic (exact) mass is 231 g/mol. The van der Waals surface area contributed by atoms with Crippen molar-refractivity contribution in [3.63, 3.8) is 0 Å². The number of aromatic carboxylic acids is 1. The van der Waals surface area contributed by atoms with Crippen LogP contribution in [-0.2, 0) is 0 Å². The van der Waals surface area contributed by atoms with E-state index in [1.165, 1.54) is 6.07 Å². The van der Waals surface area contributed by atoms with E-state index >= 15 is 0 Å². The summed E-state index contributed by atoms with van der Waals surface area (Å²) in [6, 6.07) is 5.85. The van der Waals surface area contributed by atoms with Crippen LogP contribution in [0.1, 0.15) is 15.9 Å². The number of rotatable bonds is 2. The molecule has 1 N–H and O–H groups in total. The maximum atomic E-state index is 13.2. The summed E-state index contributed by atoms with van der Waals surface area (Å²) in [5.41, 5.74) is 2.08. The van der Waals surface area contributed by atoms with Crippen LogP contribution in [0.2, 0.25) is 0 Å². The summed E-state index contributed by atoms with van der Waals surface area (Å²) >= 11 is 0. The lowest BCUT2D eigenvalue weighted by atomic mass is 10.0. The average Bonchev–Trinajstić information content (AvgIpc) is 2.30. The topological polar surface area (TPSA) is 50.2 Å². The van der Waals surface area contributed by atoms with Crippen molar-refractivity contribution in [2.45, 2.75) is 6.92 Å². The SMILES string of the molecule is Cc1ccncc1-c1ccc(F)c(C(=O)O)c1. The van der Waals surface area contributed by atoms with Crippen LogP contribution in [-0.4, -0.2) is 16.1 Å². The Bertz CT molecular complexity index is 581. The molecule has 0 radical (unpaired) electrons. The summed E-state index contributed by atoms with van der Waals surface area (Å²) in [7, 11) is 0. The molecule has 1 aromatic heterocycles. The Morgan fingerprint density at radius 1 is 1.35 bits per heavy atom. The lowest BCUT2D eigenvalue weighted by molar-refractivity contribution is 0.0692. The zero-order chi connectivity index (χ0) is 12.4. The maximum absolute atomic E-state index is 13.2. The molecule has 17 heavy (non-hydrogen) atoms. The van der Waals surface area contributed by atoms with Gasteiger partial charge in [0.05, 0.1) is 5.56 Å². The van der Waals surface area contributed by atoms with Gasteiger partial charge < -0.3 is 5.11 Å². The largest absolute Gasteiger partial charge is 0.478 e. The van der Waals surface area contributed by atoms with Gasteiger partial charge in [0.25, 0.3) is 0 Å². The van der Waals surface area contributed by atoms with E-state index in [2.05, 4.69) is 4.98 Å². The number of carbonyl (C=O) groups is 1. The number of benzene rings is 1. The Hall–Kier alpha value is -2.23. The van der Waals surface area contributed by atoms with E-state index in [1.807, 2.05) is 13.0 Å². The van der Waals surface area contributed by atoms with Crippen molar-refractivity contribution in [2.24, 2.45) is 0 Å². The molecule has 2 aromatic rings. The number of nitrogens with zero attached hydrogens (tertiary/aromatic N) is 1. The van der Waals surface area contributed by atoms with Gasteiger partial charge in [0, 0.05) is 18.0 Å². The highest BCUT2D eigenvalue weighted by Crippen LogP contribution is 2.24. The summed E-state index contributed by atoms with van der Waals surface area (Å²) < 4.78 is 13.2. The first kappa shape index (κ1) is 11.3. The van der Waals surface area contributed by atoms with E-state index in [1.54, 1.807) is 18.5 Å². The number of aromatic nitrogens is 1. The minimum Gasteiger partial charge on any atom is -0.478 e. The second kappa shape index (κ2) is 4.33. The first-order chi connectivity index (χ1) is 8.09. The van der Waals surface area contributed by atoms with Gasteiger partial charge in [-0.3, -0.25) is 4.98 Å². The Morgan fingerprint density at radius 3 is 2.76 bits per heavy atom. The third-order valence-electron chi connectivity index (χ3n) is 2.55. The second-order valence-corrected chi connectivity index (χ2v) is 3.69. The quantitative estimate of drug-likeness (QED) is 0.864. The Morgan fingerprint density at radius 2 is 2.12 bits per heavy atom. The molecule has 0 aliphatic rings. The Balaban J connectivity index is 2.58. The lowest BCUT2D eigenvalue weighted by Crippen LogP contribution is -2.00. The van der Waals surface area contributed by atoms with Crippen molar-refractivity contribution in [1.29, 1.82) is 0 Å². The van der Waals surface area contributed by atoms with Gasteiger partial charge in [0.15, 0.2) is 0 Å². The molecular weight excluding hydrogens is 221 g/mol. The molecule has 86 valence electrons. The van der Waals surface area contributed by atoms with E-state index in [0.717, 1.165) is 17.2 Å². The van der Waals surface area contributed by atoms with Gasteiger partial charge in [-0.25, -0.2) is 9.18 Å².